The van der Waals surface area contributed by atoms with E-state index in [0.717, 1.165) is 48.9 Å². The Kier molecular flexibility index (Phi) is 5.29. The fourth-order valence-corrected chi connectivity index (χ4v) is 4.79. The van der Waals surface area contributed by atoms with Gasteiger partial charge in [0.2, 0.25) is 10.8 Å². The summed E-state index contributed by atoms with van der Waals surface area (Å²) in [6, 6.07) is 8.03. The van der Waals surface area contributed by atoms with Crippen molar-refractivity contribution in [3.8, 4) is 11.6 Å². The molecule has 4 rings (SSSR count). The second kappa shape index (κ2) is 7.84. The summed E-state index contributed by atoms with van der Waals surface area (Å²) < 4.78 is 7.43. The molecule has 0 bridgehead atoms. The summed E-state index contributed by atoms with van der Waals surface area (Å²) in [6.45, 7) is 9.77. The number of rotatable bonds is 6. The van der Waals surface area contributed by atoms with Crippen LogP contribution in [0, 0.1) is 0 Å². The van der Waals surface area contributed by atoms with Crippen LogP contribution in [-0.4, -0.2) is 68.8 Å². The first-order valence-corrected chi connectivity index (χ1v) is 10.2. The number of aromatic nitrogens is 3. The van der Waals surface area contributed by atoms with E-state index in [2.05, 4.69) is 32.9 Å². The maximum atomic E-state index is 10.9. The number of para-hydroxylation sites is 1. The van der Waals surface area contributed by atoms with Crippen molar-refractivity contribution >= 4 is 16.3 Å². The minimum atomic E-state index is -0.0831. The van der Waals surface area contributed by atoms with Crippen molar-refractivity contribution in [3.05, 3.63) is 41.0 Å². The molecule has 1 saturated heterocycles. The molecular formula is C19H25N5O2S. The van der Waals surface area contributed by atoms with E-state index in [0.29, 0.717) is 11.6 Å². The van der Waals surface area contributed by atoms with Gasteiger partial charge in [-0.1, -0.05) is 36.5 Å². The second-order valence-electron chi connectivity index (χ2n) is 6.59. The maximum Gasteiger partial charge on any atom is 0.230 e. The first kappa shape index (κ1) is 18.2. The van der Waals surface area contributed by atoms with Gasteiger partial charge in [-0.3, -0.25) is 4.90 Å². The van der Waals surface area contributed by atoms with Gasteiger partial charge < -0.3 is 14.7 Å². The van der Waals surface area contributed by atoms with Gasteiger partial charge in [0.05, 0.1) is 17.5 Å². The van der Waals surface area contributed by atoms with Crippen LogP contribution in [0.15, 0.2) is 30.6 Å². The molecule has 0 aliphatic carbocycles. The molecule has 1 unspecified atom stereocenters. The van der Waals surface area contributed by atoms with E-state index in [4.69, 9.17) is 4.74 Å². The number of ether oxygens (including phenoxy) is 1. The van der Waals surface area contributed by atoms with E-state index in [1.54, 1.807) is 0 Å². The van der Waals surface area contributed by atoms with Crippen LogP contribution in [0.25, 0.3) is 4.96 Å². The normalized spacial score (nSPS) is 17.4. The molecule has 0 amide bonds. The lowest BCUT2D eigenvalue weighted by Gasteiger charge is -2.39. The van der Waals surface area contributed by atoms with E-state index in [1.807, 2.05) is 25.1 Å². The standard InChI is InChI=1S/C19H25N5O2S/c1-3-22-9-11-23(12-10-22)16(14-7-5-6-8-15(14)26-4-2)17-18(25)24-19(27-17)20-13-21-24/h5-8,13,16,25H,3-4,9-12H2,1-2H3. The van der Waals surface area contributed by atoms with E-state index < -0.39 is 0 Å². The Labute approximate surface area is 162 Å². The number of hydrogen-bond acceptors (Lipinski definition) is 7. The fraction of sp³-hybridized carbons (Fsp3) is 0.474. The molecular weight excluding hydrogens is 362 g/mol. The number of piperazine rings is 1. The predicted molar refractivity (Wildman–Crippen MR) is 106 cm³/mol. The molecule has 1 aliphatic heterocycles. The van der Waals surface area contributed by atoms with Crippen molar-refractivity contribution in [2.75, 3.05) is 39.3 Å². The SMILES string of the molecule is CCOc1ccccc1C(c1sc2ncnn2c1O)N1CCN(CC)CC1. The highest BCUT2D eigenvalue weighted by molar-refractivity contribution is 7.17. The molecule has 1 fully saturated rings. The average Bonchev–Trinajstić information content (AvgIpc) is 3.28. The van der Waals surface area contributed by atoms with E-state index in [9.17, 15) is 5.11 Å². The Morgan fingerprint density at radius 1 is 1.19 bits per heavy atom. The molecule has 3 aromatic rings. The molecule has 1 aliphatic rings. The molecule has 1 N–H and O–H groups in total. The van der Waals surface area contributed by atoms with Gasteiger partial charge in [0, 0.05) is 31.7 Å². The van der Waals surface area contributed by atoms with Crippen LogP contribution >= 0.6 is 11.3 Å². The lowest BCUT2D eigenvalue weighted by molar-refractivity contribution is 0.112. The highest BCUT2D eigenvalue weighted by Gasteiger charge is 2.32. The Bertz CT molecular complexity index is 901. The molecule has 0 radical (unpaired) electrons. The summed E-state index contributed by atoms with van der Waals surface area (Å²) in [6.07, 6.45) is 1.47. The number of likely N-dealkylation sites (N-methyl/N-ethyl adjacent to an activating group) is 1. The molecule has 0 spiro atoms. The van der Waals surface area contributed by atoms with Gasteiger partial charge in [0.1, 0.15) is 12.1 Å². The monoisotopic (exact) mass is 387 g/mol. The lowest BCUT2D eigenvalue weighted by atomic mass is 10.0. The minimum absolute atomic E-state index is 0.0831. The number of hydrogen-bond donors (Lipinski definition) is 1. The van der Waals surface area contributed by atoms with Crippen molar-refractivity contribution in [1.29, 1.82) is 0 Å². The minimum Gasteiger partial charge on any atom is -0.494 e. The molecule has 0 saturated carbocycles. The predicted octanol–water partition coefficient (Wildman–Crippen LogP) is 2.62. The summed E-state index contributed by atoms with van der Waals surface area (Å²) in [4.78, 5) is 10.7. The van der Waals surface area contributed by atoms with Crippen LogP contribution < -0.4 is 4.74 Å². The van der Waals surface area contributed by atoms with Gasteiger partial charge in [-0.25, -0.2) is 4.98 Å². The molecule has 2 aromatic heterocycles. The zero-order valence-corrected chi connectivity index (χ0v) is 16.5. The van der Waals surface area contributed by atoms with Crippen molar-refractivity contribution < 1.29 is 9.84 Å². The van der Waals surface area contributed by atoms with Gasteiger partial charge in [-0.15, -0.1) is 0 Å². The highest BCUT2D eigenvalue weighted by atomic mass is 32.1. The number of benzene rings is 1. The van der Waals surface area contributed by atoms with E-state index in [1.165, 1.54) is 22.2 Å². The van der Waals surface area contributed by atoms with Crippen molar-refractivity contribution in [2.24, 2.45) is 0 Å². The molecule has 8 heteroatoms. The summed E-state index contributed by atoms with van der Waals surface area (Å²) in [5, 5.41) is 15.0. The summed E-state index contributed by atoms with van der Waals surface area (Å²) >= 11 is 1.49. The Hall–Kier alpha value is -2.16. The molecule has 1 atom stereocenters. The molecule has 3 heterocycles. The van der Waals surface area contributed by atoms with Crippen LogP contribution in [0.3, 0.4) is 0 Å². The van der Waals surface area contributed by atoms with Gasteiger partial charge in [-0.2, -0.15) is 9.61 Å². The largest absolute Gasteiger partial charge is 0.494 e. The van der Waals surface area contributed by atoms with Crippen LogP contribution in [0.4, 0.5) is 0 Å². The molecule has 144 valence electrons. The zero-order valence-electron chi connectivity index (χ0n) is 15.7. The Morgan fingerprint density at radius 3 is 2.67 bits per heavy atom. The molecule has 7 nitrogen and oxygen atoms in total. The van der Waals surface area contributed by atoms with Crippen LogP contribution in [0.1, 0.15) is 30.3 Å². The van der Waals surface area contributed by atoms with Crippen molar-refractivity contribution in [1.82, 2.24) is 24.4 Å². The van der Waals surface area contributed by atoms with Crippen LogP contribution in [0.5, 0.6) is 11.6 Å². The van der Waals surface area contributed by atoms with E-state index in [-0.39, 0.29) is 11.9 Å². The first-order chi connectivity index (χ1) is 13.2. The highest BCUT2D eigenvalue weighted by Crippen LogP contribution is 2.42. The molecule has 1 aromatic carbocycles. The fourth-order valence-electron chi connectivity index (χ4n) is 3.71. The summed E-state index contributed by atoms with van der Waals surface area (Å²) in [5.41, 5.74) is 1.07. The van der Waals surface area contributed by atoms with Crippen molar-refractivity contribution in [3.63, 3.8) is 0 Å². The van der Waals surface area contributed by atoms with Crippen LogP contribution in [-0.2, 0) is 0 Å². The number of thiazole rings is 1. The quantitative estimate of drug-likeness (QED) is 0.701. The number of nitrogens with zero attached hydrogens (tertiary/aromatic N) is 5. The number of aromatic hydroxyl groups is 1. The van der Waals surface area contributed by atoms with E-state index >= 15 is 0 Å². The van der Waals surface area contributed by atoms with Gasteiger partial charge in [0.25, 0.3) is 0 Å². The summed E-state index contributed by atoms with van der Waals surface area (Å²) in [7, 11) is 0. The number of fused-ring (bicyclic) bond motifs is 1. The smallest absolute Gasteiger partial charge is 0.230 e. The average molecular weight is 388 g/mol. The molecule has 27 heavy (non-hydrogen) atoms. The second-order valence-corrected chi connectivity index (χ2v) is 7.60. The topological polar surface area (TPSA) is 66.1 Å². The zero-order chi connectivity index (χ0) is 18.8. The van der Waals surface area contributed by atoms with Crippen LogP contribution in [0.2, 0.25) is 0 Å². The van der Waals surface area contributed by atoms with Gasteiger partial charge >= 0.3 is 0 Å². The first-order valence-electron chi connectivity index (χ1n) is 9.42. The van der Waals surface area contributed by atoms with Gasteiger partial charge in [0.15, 0.2) is 0 Å². The third-order valence-electron chi connectivity index (χ3n) is 5.12. The third-order valence-corrected chi connectivity index (χ3v) is 6.21. The van der Waals surface area contributed by atoms with Gasteiger partial charge in [-0.05, 0) is 19.5 Å². The Morgan fingerprint density at radius 2 is 1.96 bits per heavy atom. The third kappa shape index (κ3) is 3.40. The summed E-state index contributed by atoms with van der Waals surface area (Å²) in [5.74, 6) is 1.03. The Balaban J connectivity index is 1.78. The maximum absolute atomic E-state index is 10.9. The van der Waals surface area contributed by atoms with Crippen molar-refractivity contribution in [2.45, 2.75) is 19.9 Å². The lowest BCUT2D eigenvalue weighted by Crippen LogP contribution is -2.47.